The van der Waals surface area contributed by atoms with Gasteiger partial charge in [-0.2, -0.15) is 0 Å². The summed E-state index contributed by atoms with van der Waals surface area (Å²) >= 11 is 0. The zero-order chi connectivity index (χ0) is 10.6. The van der Waals surface area contributed by atoms with E-state index >= 15 is 0 Å². The third-order valence-electron chi connectivity index (χ3n) is 1.65. The average molecular weight is 185 g/mol. The topological polar surface area (TPSA) is 65.8 Å². The molecule has 0 spiro atoms. The van der Waals surface area contributed by atoms with Crippen molar-refractivity contribution < 1.29 is 4.79 Å². The van der Waals surface area contributed by atoms with Crippen molar-refractivity contribution in [1.29, 1.82) is 0 Å². The largest absolute Gasteiger partial charge is 0.295 e. The van der Waals surface area contributed by atoms with Gasteiger partial charge in [0.05, 0.1) is 0 Å². The van der Waals surface area contributed by atoms with Gasteiger partial charge in [0.2, 0.25) is 0 Å². The Morgan fingerprint density at radius 3 is 2.79 bits per heavy atom. The second-order valence-corrected chi connectivity index (χ2v) is 2.66. The Morgan fingerprint density at radius 1 is 1.57 bits per heavy atom. The molecule has 1 rings (SSSR count). The minimum Gasteiger partial charge on any atom is -0.295 e. The third kappa shape index (κ3) is 2.13. The number of azide groups is 1. The van der Waals surface area contributed by atoms with Crippen LogP contribution in [0.25, 0.3) is 10.4 Å². The molecule has 0 aliphatic heterocycles. The summed E-state index contributed by atoms with van der Waals surface area (Å²) in [5, 5.41) is 3.39. The lowest BCUT2D eigenvalue weighted by Gasteiger charge is -1.99. The summed E-state index contributed by atoms with van der Waals surface area (Å²) in [6.07, 6.45) is 5.19. The van der Waals surface area contributed by atoms with Crippen molar-refractivity contribution in [2.24, 2.45) is 5.11 Å². The van der Waals surface area contributed by atoms with E-state index in [4.69, 9.17) is 12.0 Å². The molecule has 0 aliphatic carbocycles. The molecule has 0 aromatic heterocycles. The van der Waals surface area contributed by atoms with Crippen molar-refractivity contribution >= 4 is 11.5 Å². The molecule has 0 amide bonds. The SMILES string of the molecule is C#Cc1cc(N=[N+]=[N-])cc(C(C)=O)c1. The van der Waals surface area contributed by atoms with E-state index in [2.05, 4.69) is 15.9 Å². The van der Waals surface area contributed by atoms with Crippen molar-refractivity contribution in [3.63, 3.8) is 0 Å². The maximum absolute atomic E-state index is 11.1. The molecule has 0 unspecified atom stereocenters. The van der Waals surface area contributed by atoms with Gasteiger partial charge in [-0.05, 0) is 30.7 Å². The fourth-order valence-corrected chi connectivity index (χ4v) is 1.01. The van der Waals surface area contributed by atoms with Gasteiger partial charge < -0.3 is 0 Å². The minimum absolute atomic E-state index is 0.114. The molecule has 0 fully saturated rings. The van der Waals surface area contributed by atoms with E-state index in [-0.39, 0.29) is 5.78 Å². The van der Waals surface area contributed by atoms with Crippen LogP contribution in [0.5, 0.6) is 0 Å². The first-order valence-electron chi connectivity index (χ1n) is 3.85. The molecule has 4 nitrogen and oxygen atoms in total. The molecule has 0 saturated heterocycles. The normalized spacial score (nSPS) is 8.57. The molecule has 0 radical (unpaired) electrons. The molecule has 68 valence electrons. The fraction of sp³-hybridized carbons (Fsp3) is 0.100. The van der Waals surface area contributed by atoms with Crippen LogP contribution in [0.3, 0.4) is 0 Å². The third-order valence-corrected chi connectivity index (χ3v) is 1.65. The monoisotopic (exact) mass is 185 g/mol. The quantitative estimate of drug-likeness (QED) is 0.229. The second-order valence-electron chi connectivity index (χ2n) is 2.66. The van der Waals surface area contributed by atoms with Gasteiger partial charge in [-0.3, -0.25) is 4.79 Å². The summed E-state index contributed by atoms with van der Waals surface area (Å²) in [5.74, 6) is 2.27. The summed E-state index contributed by atoms with van der Waals surface area (Å²) in [7, 11) is 0. The highest BCUT2D eigenvalue weighted by Gasteiger charge is 2.02. The number of ketones is 1. The lowest BCUT2D eigenvalue weighted by Crippen LogP contribution is -1.92. The molecule has 0 N–H and O–H groups in total. The van der Waals surface area contributed by atoms with Gasteiger partial charge in [0.25, 0.3) is 0 Å². The summed E-state index contributed by atoms with van der Waals surface area (Å²) in [5.41, 5.74) is 9.56. The van der Waals surface area contributed by atoms with Crippen LogP contribution in [0.15, 0.2) is 23.3 Å². The number of hydrogen-bond donors (Lipinski definition) is 0. The Balaban J connectivity index is 3.35. The average Bonchev–Trinajstić information content (AvgIpc) is 2.17. The van der Waals surface area contributed by atoms with Crippen LogP contribution >= 0.6 is 0 Å². The molecule has 1 aromatic rings. The summed E-state index contributed by atoms with van der Waals surface area (Å²) in [4.78, 5) is 13.7. The molecule has 4 heteroatoms. The van der Waals surface area contributed by atoms with Crippen LogP contribution in [0.2, 0.25) is 0 Å². The Labute approximate surface area is 81.2 Å². The predicted octanol–water partition coefficient (Wildman–Crippen LogP) is 2.81. The molecule has 0 atom stereocenters. The van der Waals surface area contributed by atoms with Gasteiger partial charge in [-0.25, -0.2) is 0 Å². The van der Waals surface area contributed by atoms with Crippen molar-refractivity contribution in [2.45, 2.75) is 6.92 Å². The second kappa shape index (κ2) is 4.13. The number of carbonyl (C=O) groups excluding carboxylic acids is 1. The highest BCUT2D eigenvalue weighted by Crippen LogP contribution is 2.18. The van der Waals surface area contributed by atoms with E-state index in [0.29, 0.717) is 16.8 Å². The van der Waals surface area contributed by atoms with E-state index in [1.165, 1.54) is 13.0 Å². The molecule has 14 heavy (non-hydrogen) atoms. The first-order chi connectivity index (χ1) is 6.67. The van der Waals surface area contributed by atoms with Gasteiger partial charge in [-0.1, -0.05) is 11.0 Å². The molecular formula is C10H7N3O. The summed E-state index contributed by atoms with van der Waals surface area (Å²) in [6, 6.07) is 4.63. The highest BCUT2D eigenvalue weighted by molar-refractivity contribution is 5.95. The van der Waals surface area contributed by atoms with Crippen LogP contribution < -0.4 is 0 Å². The van der Waals surface area contributed by atoms with E-state index < -0.39 is 0 Å². The lowest BCUT2D eigenvalue weighted by molar-refractivity contribution is 0.101. The highest BCUT2D eigenvalue weighted by atomic mass is 16.1. The molecule has 0 bridgehead atoms. The molecule has 0 heterocycles. The van der Waals surface area contributed by atoms with Crippen molar-refractivity contribution in [1.82, 2.24) is 0 Å². The Morgan fingerprint density at radius 2 is 2.29 bits per heavy atom. The van der Waals surface area contributed by atoms with Crippen molar-refractivity contribution in [2.75, 3.05) is 0 Å². The summed E-state index contributed by atoms with van der Waals surface area (Å²) < 4.78 is 0. The zero-order valence-corrected chi connectivity index (χ0v) is 7.56. The van der Waals surface area contributed by atoms with Gasteiger partial charge >= 0.3 is 0 Å². The van der Waals surface area contributed by atoms with Crippen molar-refractivity contribution in [3.8, 4) is 12.3 Å². The lowest BCUT2D eigenvalue weighted by atomic mass is 10.1. The minimum atomic E-state index is -0.114. The fourth-order valence-electron chi connectivity index (χ4n) is 1.01. The number of carbonyl (C=O) groups is 1. The number of rotatable bonds is 2. The summed E-state index contributed by atoms with van der Waals surface area (Å²) in [6.45, 7) is 1.43. The van der Waals surface area contributed by atoms with E-state index in [9.17, 15) is 4.79 Å². The van der Waals surface area contributed by atoms with E-state index in [1.54, 1.807) is 12.1 Å². The smallest absolute Gasteiger partial charge is 0.159 e. The number of Topliss-reactive ketones (excluding diaryl/α,β-unsaturated/α-hetero) is 1. The molecular weight excluding hydrogens is 178 g/mol. The zero-order valence-electron chi connectivity index (χ0n) is 7.56. The Hall–Kier alpha value is -2.24. The number of benzene rings is 1. The van der Waals surface area contributed by atoms with Crippen LogP contribution in [0, 0.1) is 12.3 Å². The first kappa shape index (κ1) is 9.85. The molecule has 1 aromatic carbocycles. The molecule has 0 saturated carbocycles. The molecule has 0 aliphatic rings. The van der Waals surface area contributed by atoms with Crippen LogP contribution in [0.1, 0.15) is 22.8 Å². The first-order valence-corrected chi connectivity index (χ1v) is 3.85. The van der Waals surface area contributed by atoms with Gasteiger partial charge in [0, 0.05) is 21.7 Å². The Bertz CT molecular complexity index is 444. The van der Waals surface area contributed by atoms with E-state index in [1.807, 2.05) is 0 Å². The maximum atomic E-state index is 11.1. The Kier molecular flexibility index (Phi) is 2.90. The van der Waals surface area contributed by atoms with Gasteiger partial charge in [0.15, 0.2) is 5.78 Å². The number of hydrogen-bond acceptors (Lipinski definition) is 2. The van der Waals surface area contributed by atoms with Crippen molar-refractivity contribution in [3.05, 3.63) is 39.8 Å². The van der Waals surface area contributed by atoms with Crippen LogP contribution in [-0.2, 0) is 0 Å². The van der Waals surface area contributed by atoms with Crippen LogP contribution in [-0.4, -0.2) is 5.78 Å². The predicted molar refractivity (Wildman–Crippen MR) is 53.2 cm³/mol. The van der Waals surface area contributed by atoms with Gasteiger partial charge in [-0.15, -0.1) is 6.42 Å². The van der Waals surface area contributed by atoms with Crippen LogP contribution in [0.4, 0.5) is 5.69 Å². The van der Waals surface area contributed by atoms with Gasteiger partial charge in [0.1, 0.15) is 0 Å². The van der Waals surface area contributed by atoms with E-state index in [0.717, 1.165) is 0 Å². The number of nitrogens with zero attached hydrogens (tertiary/aromatic N) is 3. The standard InChI is InChI=1S/C10H7N3O/c1-3-8-4-9(7(2)14)6-10(5-8)12-13-11/h1,4-6H,2H3. The maximum Gasteiger partial charge on any atom is 0.159 e. The number of terminal acetylenes is 1.